The lowest BCUT2D eigenvalue weighted by Gasteiger charge is -2.20. The van der Waals surface area contributed by atoms with Crippen LogP contribution in [0.1, 0.15) is 48.4 Å². The van der Waals surface area contributed by atoms with Crippen LogP contribution in [0.3, 0.4) is 0 Å². The number of carbonyl (C=O) groups excluding carboxylic acids is 1. The van der Waals surface area contributed by atoms with Crippen molar-refractivity contribution in [2.75, 3.05) is 14.2 Å². The molecular weight excluding hydrogens is 276 g/mol. The largest absolute Gasteiger partial charge is 0.496 e. The van der Waals surface area contributed by atoms with E-state index in [4.69, 9.17) is 9.47 Å². The van der Waals surface area contributed by atoms with Crippen LogP contribution >= 0.6 is 0 Å². The summed E-state index contributed by atoms with van der Waals surface area (Å²) in [6.45, 7) is 8.33. The van der Waals surface area contributed by atoms with Gasteiger partial charge in [-0.3, -0.25) is 0 Å². The Labute approximate surface area is 134 Å². The molecule has 0 saturated carbocycles. The second-order valence-corrected chi connectivity index (χ2v) is 5.73. The molecule has 0 amide bonds. The first kappa shape index (κ1) is 18.3. The number of rotatable bonds is 8. The van der Waals surface area contributed by atoms with Gasteiger partial charge in [-0.1, -0.05) is 11.6 Å². The molecule has 0 aliphatic carbocycles. The van der Waals surface area contributed by atoms with Crippen molar-refractivity contribution in [2.24, 2.45) is 0 Å². The third-order valence-corrected chi connectivity index (χ3v) is 4.27. The molecule has 1 aromatic rings. The van der Waals surface area contributed by atoms with Crippen LogP contribution in [0, 0.1) is 20.8 Å². The molecule has 3 heteroatoms. The lowest BCUT2D eigenvalue weighted by molar-refractivity contribution is -0.107. The van der Waals surface area contributed by atoms with Crippen LogP contribution in [0.5, 0.6) is 11.5 Å². The highest BCUT2D eigenvalue weighted by atomic mass is 16.5. The molecule has 0 atom stereocenters. The molecule has 122 valence electrons. The zero-order chi connectivity index (χ0) is 16.7. The van der Waals surface area contributed by atoms with Crippen molar-refractivity contribution in [3.63, 3.8) is 0 Å². The van der Waals surface area contributed by atoms with Crippen molar-refractivity contribution in [1.29, 1.82) is 0 Å². The smallest absolute Gasteiger partial charge is 0.126 e. The Morgan fingerprint density at radius 2 is 1.59 bits per heavy atom. The van der Waals surface area contributed by atoms with Crippen LogP contribution in [0.25, 0.3) is 0 Å². The minimum Gasteiger partial charge on any atom is -0.496 e. The topological polar surface area (TPSA) is 35.5 Å². The molecule has 0 N–H and O–H groups in total. The summed E-state index contributed by atoms with van der Waals surface area (Å²) in [5.41, 5.74) is 5.89. The average Bonchev–Trinajstić information content (AvgIpc) is 2.50. The number of aldehydes is 1. The highest BCUT2D eigenvalue weighted by Crippen LogP contribution is 2.38. The Morgan fingerprint density at radius 3 is 2.14 bits per heavy atom. The summed E-state index contributed by atoms with van der Waals surface area (Å²) < 4.78 is 11.2. The summed E-state index contributed by atoms with van der Waals surface area (Å²) in [6.07, 6.45) is 6.53. The van der Waals surface area contributed by atoms with Gasteiger partial charge in [-0.05, 0) is 63.6 Å². The van der Waals surface area contributed by atoms with Crippen molar-refractivity contribution < 1.29 is 14.3 Å². The van der Waals surface area contributed by atoms with Gasteiger partial charge in [0.2, 0.25) is 0 Å². The van der Waals surface area contributed by atoms with Crippen LogP contribution in [0.15, 0.2) is 11.6 Å². The third-order valence-electron chi connectivity index (χ3n) is 4.27. The summed E-state index contributed by atoms with van der Waals surface area (Å²) in [4.78, 5) is 10.4. The average molecular weight is 304 g/mol. The van der Waals surface area contributed by atoms with Crippen molar-refractivity contribution in [3.05, 3.63) is 33.9 Å². The van der Waals surface area contributed by atoms with Gasteiger partial charge < -0.3 is 14.3 Å². The molecule has 0 radical (unpaired) electrons. The molecule has 1 aromatic carbocycles. The molecule has 0 spiro atoms. The van der Waals surface area contributed by atoms with E-state index in [0.29, 0.717) is 6.42 Å². The number of benzene rings is 1. The SMILES string of the molecule is COc1c(C)c(C)c(OC)c(C/C=C(\C)CCCC=O)c1C. The fourth-order valence-electron chi connectivity index (χ4n) is 2.83. The van der Waals surface area contributed by atoms with E-state index < -0.39 is 0 Å². The monoisotopic (exact) mass is 304 g/mol. The summed E-state index contributed by atoms with van der Waals surface area (Å²) in [5.74, 6) is 1.90. The van der Waals surface area contributed by atoms with Gasteiger partial charge >= 0.3 is 0 Å². The Balaban J connectivity index is 3.10. The number of allylic oxidation sites excluding steroid dienone is 2. The van der Waals surface area contributed by atoms with Crippen LogP contribution < -0.4 is 9.47 Å². The Kier molecular flexibility index (Phi) is 7.16. The molecule has 0 fully saturated rings. The van der Waals surface area contributed by atoms with Crippen LogP contribution in [-0.2, 0) is 11.2 Å². The summed E-state index contributed by atoms with van der Waals surface area (Å²) in [6, 6.07) is 0. The normalized spacial score (nSPS) is 11.5. The highest BCUT2D eigenvalue weighted by Gasteiger charge is 2.17. The van der Waals surface area contributed by atoms with E-state index in [2.05, 4.69) is 33.8 Å². The van der Waals surface area contributed by atoms with E-state index in [1.54, 1.807) is 14.2 Å². The first-order valence-corrected chi connectivity index (χ1v) is 7.77. The standard InChI is InChI=1S/C19H28O3/c1-13(9-7-8-12-20)10-11-17-16(4)18(21-5)14(2)15(3)19(17)22-6/h10,12H,7-9,11H2,1-6H3/b13-10+. The predicted octanol–water partition coefficient (Wildman–Crippen LogP) is 4.49. The van der Waals surface area contributed by atoms with Gasteiger partial charge in [0.25, 0.3) is 0 Å². The van der Waals surface area contributed by atoms with Gasteiger partial charge in [0.1, 0.15) is 17.8 Å². The van der Waals surface area contributed by atoms with E-state index in [0.717, 1.165) is 53.7 Å². The minimum absolute atomic E-state index is 0.630. The zero-order valence-corrected chi connectivity index (χ0v) is 14.7. The van der Waals surface area contributed by atoms with E-state index >= 15 is 0 Å². The van der Waals surface area contributed by atoms with E-state index in [-0.39, 0.29) is 0 Å². The summed E-state index contributed by atoms with van der Waals surface area (Å²) >= 11 is 0. The van der Waals surface area contributed by atoms with Gasteiger partial charge in [-0.2, -0.15) is 0 Å². The molecule has 0 aromatic heterocycles. The molecule has 0 aliphatic rings. The summed E-state index contributed by atoms with van der Waals surface area (Å²) in [5, 5.41) is 0. The quantitative estimate of drug-likeness (QED) is 0.403. The second-order valence-electron chi connectivity index (χ2n) is 5.73. The highest BCUT2D eigenvalue weighted by molar-refractivity contribution is 5.58. The molecule has 0 bridgehead atoms. The summed E-state index contributed by atoms with van der Waals surface area (Å²) in [7, 11) is 3.43. The second kappa shape index (κ2) is 8.62. The van der Waals surface area contributed by atoms with Crippen molar-refractivity contribution >= 4 is 6.29 Å². The number of methoxy groups -OCH3 is 2. The number of ether oxygens (including phenoxy) is 2. The van der Waals surface area contributed by atoms with Crippen molar-refractivity contribution in [2.45, 2.75) is 53.4 Å². The molecule has 1 rings (SSSR count). The maximum Gasteiger partial charge on any atom is 0.126 e. The molecule has 0 saturated heterocycles. The molecule has 0 aliphatic heterocycles. The lowest BCUT2D eigenvalue weighted by atomic mass is 9.94. The third kappa shape index (κ3) is 4.12. The number of carbonyl (C=O) groups is 1. The first-order chi connectivity index (χ1) is 10.5. The van der Waals surface area contributed by atoms with Gasteiger partial charge in [0.05, 0.1) is 14.2 Å². The molecule has 3 nitrogen and oxygen atoms in total. The van der Waals surface area contributed by atoms with Crippen LogP contribution in [-0.4, -0.2) is 20.5 Å². The number of hydrogen-bond acceptors (Lipinski definition) is 3. The first-order valence-electron chi connectivity index (χ1n) is 7.77. The Hall–Kier alpha value is -1.77. The van der Waals surface area contributed by atoms with Crippen molar-refractivity contribution in [3.8, 4) is 11.5 Å². The molecule has 0 heterocycles. The van der Waals surface area contributed by atoms with E-state index in [1.165, 1.54) is 11.1 Å². The van der Waals surface area contributed by atoms with Gasteiger partial charge in [-0.25, -0.2) is 0 Å². The Bertz CT molecular complexity index is 557. The predicted molar refractivity (Wildman–Crippen MR) is 91.1 cm³/mol. The Morgan fingerprint density at radius 1 is 1.00 bits per heavy atom. The number of unbranched alkanes of at least 4 members (excludes halogenated alkanes) is 1. The maximum atomic E-state index is 10.4. The van der Waals surface area contributed by atoms with Gasteiger partial charge in [0.15, 0.2) is 0 Å². The fourth-order valence-corrected chi connectivity index (χ4v) is 2.83. The van der Waals surface area contributed by atoms with Crippen LogP contribution in [0.2, 0.25) is 0 Å². The number of hydrogen-bond donors (Lipinski definition) is 0. The molecule has 22 heavy (non-hydrogen) atoms. The fraction of sp³-hybridized carbons (Fsp3) is 0.526. The van der Waals surface area contributed by atoms with E-state index in [1.807, 2.05) is 0 Å². The van der Waals surface area contributed by atoms with Gasteiger partial charge in [-0.15, -0.1) is 0 Å². The lowest BCUT2D eigenvalue weighted by Crippen LogP contribution is -2.03. The maximum absolute atomic E-state index is 10.4. The van der Waals surface area contributed by atoms with Crippen molar-refractivity contribution in [1.82, 2.24) is 0 Å². The molecule has 0 unspecified atom stereocenters. The van der Waals surface area contributed by atoms with Gasteiger partial charge in [0, 0.05) is 12.0 Å². The van der Waals surface area contributed by atoms with Crippen LogP contribution in [0.4, 0.5) is 0 Å². The minimum atomic E-state index is 0.630. The zero-order valence-electron chi connectivity index (χ0n) is 14.7. The van der Waals surface area contributed by atoms with E-state index in [9.17, 15) is 4.79 Å². The molecular formula is C19H28O3.